The van der Waals surface area contributed by atoms with Gasteiger partial charge in [-0.25, -0.2) is 4.98 Å². The number of benzene rings is 2. The van der Waals surface area contributed by atoms with Crippen LogP contribution in [0.4, 0.5) is 5.13 Å². The van der Waals surface area contributed by atoms with E-state index in [1.54, 1.807) is 11.3 Å². The van der Waals surface area contributed by atoms with Gasteiger partial charge in [-0.05, 0) is 55.3 Å². The number of aromatic nitrogens is 2. The van der Waals surface area contributed by atoms with Gasteiger partial charge in [0.2, 0.25) is 0 Å². The van der Waals surface area contributed by atoms with Crippen molar-refractivity contribution in [2.24, 2.45) is 5.18 Å². The highest BCUT2D eigenvalue weighted by Gasteiger charge is 2.31. The maximum absolute atomic E-state index is 11.8. The molecule has 1 N–H and O–H groups in total. The molecule has 3 heterocycles. The van der Waals surface area contributed by atoms with Gasteiger partial charge in [-0.15, -0.1) is 4.91 Å². The lowest BCUT2D eigenvalue weighted by atomic mass is 10.0. The van der Waals surface area contributed by atoms with E-state index in [9.17, 15) is 9.70 Å². The quantitative estimate of drug-likeness (QED) is 0.274. The lowest BCUT2D eigenvalue weighted by Gasteiger charge is -2.22. The van der Waals surface area contributed by atoms with Crippen LogP contribution in [0.5, 0.6) is 5.75 Å². The zero-order chi connectivity index (χ0) is 25.2. The van der Waals surface area contributed by atoms with Gasteiger partial charge in [0.1, 0.15) is 11.9 Å². The summed E-state index contributed by atoms with van der Waals surface area (Å²) >= 11 is 1.63. The predicted molar refractivity (Wildman–Crippen MR) is 148 cm³/mol. The van der Waals surface area contributed by atoms with E-state index in [2.05, 4.69) is 57.5 Å². The van der Waals surface area contributed by atoms with Crippen LogP contribution in [0, 0.1) is 4.91 Å². The molecule has 0 saturated carbocycles. The Morgan fingerprint density at radius 2 is 2.05 bits per heavy atom. The molecular weight excluding hydrogens is 484 g/mol. The van der Waals surface area contributed by atoms with Gasteiger partial charge in [0.25, 0.3) is 5.91 Å². The van der Waals surface area contributed by atoms with Crippen molar-refractivity contribution in [2.45, 2.75) is 37.8 Å². The average molecular weight is 511 g/mol. The number of hydrogen-bond donors (Lipinski definition) is 1. The van der Waals surface area contributed by atoms with Gasteiger partial charge < -0.3 is 14.6 Å². The standard InChI is InChI=1S/C29H26N4O3S/c34-26(32-35)18-20-6-5-17-33(20)29-31-27(28(37-29)24-9-4-10-25-23(24)15-16-30-25)19-11-13-22(14-12-19)36-21-7-2-1-3-8-21/h1-4,7,9-16,20-21,30H,5-6,8,17-18H2. The molecule has 4 aromatic rings. The Morgan fingerprint density at radius 1 is 1.16 bits per heavy atom. The van der Waals surface area contributed by atoms with Gasteiger partial charge in [0, 0.05) is 52.4 Å². The van der Waals surface area contributed by atoms with Crippen LogP contribution >= 0.6 is 11.3 Å². The first-order valence-electron chi connectivity index (χ1n) is 12.5. The van der Waals surface area contributed by atoms with Crippen LogP contribution in [0.25, 0.3) is 32.6 Å². The Balaban J connectivity index is 1.38. The van der Waals surface area contributed by atoms with E-state index in [0.717, 1.165) is 69.3 Å². The van der Waals surface area contributed by atoms with Crippen molar-refractivity contribution in [3.8, 4) is 27.4 Å². The molecule has 7 nitrogen and oxygen atoms in total. The minimum atomic E-state index is -0.607. The summed E-state index contributed by atoms with van der Waals surface area (Å²) in [4.78, 5) is 34.2. The number of thiazole rings is 1. The molecule has 1 amide bonds. The molecule has 8 heteroatoms. The molecule has 37 heavy (non-hydrogen) atoms. The van der Waals surface area contributed by atoms with Crippen molar-refractivity contribution >= 4 is 33.3 Å². The number of aromatic amines is 1. The lowest BCUT2D eigenvalue weighted by Crippen LogP contribution is -2.30. The number of H-pyrrole nitrogens is 1. The third-order valence-corrected chi connectivity index (χ3v) is 8.07. The van der Waals surface area contributed by atoms with E-state index in [1.807, 2.05) is 36.5 Å². The van der Waals surface area contributed by atoms with Gasteiger partial charge in [0.05, 0.1) is 17.0 Å². The Bertz CT molecular complexity index is 1500. The number of rotatable bonds is 7. The fraction of sp³-hybridized carbons (Fsp3) is 0.241. The van der Waals surface area contributed by atoms with Crippen molar-refractivity contribution in [1.82, 2.24) is 9.97 Å². The summed E-state index contributed by atoms with van der Waals surface area (Å²) in [5.41, 5.74) is 4.07. The number of nitrogens with one attached hydrogen (secondary N) is 1. The second-order valence-corrected chi connectivity index (χ2v) is 10.3. The molecule has 1 saturated heterocycles. The molecule has 0 bridgehead atoms. The van der Waals surface area contributed by atoms with Gasteiger partial charge in [-0.2, -0.15) is 0 Å². The van der Waals surface area contributed by atoms with Crippen molar-refractivity contribution in [3.63, 3.8) is 0 Å². The number of hydrogen-bond acceptors (Lipinski definition) is 6. The molecule has 2 aromatic carbocycles. The molecule has 6 rings (SSSR count). The molecule has 2 unspecified atom stereocenters. The van der Waals surface area contributed by atoms with Crippen LogP contribution in [-0.2, 0) is 4.79 Å². The highest BCUT2D eigenvalue weighted by atomic mass is 32.1. The zero-order valence-corrected chi connectivity index (χ0v) is 21.0. The molecule has 0 spiro atoms. The molecule has 2 atom stereocenters. The number of nitrogens with zero attached hydrogens (tertiary/aromatic N) is 3. The number of fused-ring (bicyclic) bond motifs is 1. The van der Waals surface area contributed by atoms with E-state index >= 15 is 0 Å². The molecule has 1 aliphatic heterocycles. The first kappa shape index (κ1) is 23.4. The second kappa shape index (κ2) is 10.1. The Kier molecular flexibility index (Phi) is 6.40. The van der Waals surface area contributed by atoms with Crippen molar-refractivity contribution in [2.75, 3.05) is 11.4 Å². The summed E-state index contributed by atoms with van der Waals surface area (Å²) in [5, 5.41) is 4.61. The number of anilines is 1. The van der Waals surface area contributed by atoms with Crippen molar-refractivity contribution in [3.05, 3.63) is 83.9 Å². The second-order valence-electron chi connectivity index (χ2n) is 9.33. The summed E-state index contributed by atoms with van der Waals surface area (Å²) < 4.78 is 6.12. The van der Waals surface area contributed by atoms with Crippen molar-refractivity contribution in [1.29, 1.82) is 0 Å². The summed E-state index contributed by atoms with van der Waals surface area (Å²) in [6.45, 7) is 0.799. The van der Waals surface area contributed by atoms with E-state index < -0.39 is 5.91 Å². The Hall–Kier alpha value is -4.04. The first-order chi connectivity index (χ1) is 18.2. The zero-order valence-electron chi connectivity index (χ0n) is 20.2. The fourth-order valence-electron chi connectivity index (χ4n) is 5.14. The van der Waals surface area contributed by atoms with Gasteiger partial charge >= 0.3 is 0 Å². The number of amides is 1. The minimum absolute atomic E-state index is 0.0409. The molecule has 2 aromatic heterocycles. The van der Waals surface area contributed by atoms with E-state index in [0.29, 0.717) is 0 Å². The third kappa shape index (κ3) is 4.72. The first-order valence-corrected chi connectivity index (χ1v) is 13.3. The fourth-order valence-corrected chi connectivity index (χ4v) is 6.37. The normalized spacial score (nSPS) is 19.0. The molecule has 1 aliphatic carbocycles. The minimum Gasteiger partial charge on any atom is -0.486 e. The monoisotopic (exact) mass is 510 g/mol. The number of ether oxygens (including phenoxy) is 1. The van der Waals surface area contributed by atoms with Crippen LogP contribution in [0.2, 0.25) is 0 Å². The van der Waals surface area contributed by atoms with Crippen LogP contribution in [-0.4, -0.2) is 34.6 Å². The topological polar surface area (TPSA) is 87.7 Å². The summed E-state index contributed by atoms with van der Waals surface area (Å²) in [6.07, 6.45) is 13.0. The SMILES string of the molecule is O=NC(=O)CC1CCCN1c1nc(-c2ccc(OC3C=CC=CC3)cc2)c(-c2cccc3[nH]ccc23)s1. The molecule has 0 radical (unpaired) electrons. The molecule has 2 aliphatic rings. The third-order valence-electron chi connectivity index (χ3n) is 6.95. The van der Waals surface area contributed by atoms with E-state index in [-0.39, 0.29) is 18.6 Å². The smallest absolute Gasteiger partial charge is 0.288 e. The predicted octanol–water partition coefficient (Wildman–Crippen LogP) is 6.87. The number of carbonyl (C=O) groups excluding carboxylic acids is 1. The highest BCUT2D eigenvalue weighted by Crippen LogP contribution is 2.44. The van der Waals surface area contributed by atoms with Gasteiger partial charge in [0.15, 0.2) is 5.13 Å². The number of nitroso groups, excluding NO2 is 1. The maximum atomic E-state index is 11.8. The van der Waals surface area contributed by atoms with Crippen molar-refractivity contribution < 1.29 is 9.53 Å². The van der Waals surface area contributed by atoms with Gasteiger partial charge in [-0.1, -0.05) is 41.7 Å². The Morgan fingerprint density at radius 3 is 2.86 bits per heavy atom. The summed E-state index contributed by atoms with van der Waals surface area (Å²) in [7, 11) is 0. The van der Waals surface area contributed by atoms with Crippen LogP contribution < -0.4 is 9.64 Å². The number of allylic oxidation sites excluding steroid dienone is 2. The Labute approximate surface area is 218 Å². The largest absolute Gasteiger partial charge is 0.486 e. The molecule has 186 valence electrons. The highest BCUT2D eigenvalue weighted by molar-refractivity contribution is 7.19. The lowest BCUT2D eigenvalue weighted by molar-refractivity contribution is -0.118. The molecular formula is C29H26N4O3S. The van der Waals surface area contributed by atoms with E-state index in [1.165, 1.54) is 0 Å². The van der Waals surface area contributed by atoms with Crippen LogP contribution in [0.1, 0.15) is 25.7 Å². The summed E-state index contributed by atoms with van der Waals surface area (Å²) in [5.74, 6) is 0.211. The average Bonchev–Trinajstić information content (AvgIpc) is 3.69. The van der Waals surface area contributed by atoms with E-state index in [4.69, 9.17) is 9.72 Å². The van der Waals surface area contributed by atoms with Crippen LogP contribution in [0.15, 0.2) is 84.2 Å². The van der Waals surface area contributed by atoms with Gasteiger partial charge in [-0.3, -0.25) is 4.79 Å². The molecule has 1 fully saturated rings. The summed E-state index contributed by atoms with van der Waals surface area (Å²) in [6, 6.07) is 16.4. The maximum Gasteiger partial charge on any atom is 0.288 e. The van der Waals surface area contributed by atoms with Crippen LogP contribution in [0.3, 0.4) is 0 Å². The number of carbonyl (C=O) groups is 1.